The maximum absolute atomic E-state index is 12.7. The third-order valence-corrected chi connectivity index (χ3v) is 4.83. The average Bonchev–Trinajstić information content (AvgIpc) is 3.09. The Labute approximate surface area is 184 Å². The lowest BCUT2D eigenvalue weighted by Crippen LogP contribution is -2.26. The summed E-state index contributed by atoms with van der Waals surface area (Å²) in [6, 6.07) is 11.6. The van der Waals surface area contributed by atoms with E-state index in [0.717, 1.165) is 11.3 Å². The molecule has 1 N–H and O–H groups in total. The fourth-order valence-corrected chi connectivity index (χ4v) is 3.12. The van der Waals surface area contributed by atoms with Crippen LogP contribution in [0.15, 0.2) is 47.0 Å². The minimum Gasteiger partial charge on any atom is -0.493 e. The summed E-state index contributed by atoms with van der Waals surface area (Å²) >= 11 is 0. The van der Waals surface area contributed by atoms with Crippen molar-refractivity contribution in [3.05, 3.63) is 70.6 Å². The van der Waals surface area contributed by atoms with Gasteiger partial charge in [0.2, 0.25) is 0 Å². The van der Waals surface area contributed by atoms with Crippen LogP contribution in [0.3, 0.4) is 0 Å². The van der Waals surface area contributed by atoms with Gasteiger partial charge in [-0.2, -0.15) is 8.78 Å². The van der Waals surface area contributed by atoms with Crippen molar-refractivity contribution in [1.29, 1.82) is 0 Å². The third-order valence-electron chi connectivity index (χ3n) is 4.83. The molecule has 2 aromatic carbocycles. The third kappa shape index (κ3) is 5.75. The molecular weight excluding hydrogens is 422 g/mol. The van der Waals surface area contributed by atoms with Crippen LogP contribution in [-0.4, -0.2) is 31.3 Å². The van der Waals surface area contributed by atoms with Gasteiger partial charge in [-0.3, -0.25) is 4.79 Å². The van der Waals surface area contributed by atoms with E-state index in [0.29, 0.717) is 29.1 Å². The molecule has 7 nitrogen and oxygen atoms in total. The van der Waals surface area contributed by atoms with E-state index in [4.69, 9.17) is 14.0 Å². The number of para-hydroxylation sites is 1. The first-order valence-electron chi connectivity index (χ1n) is 9.92. The second-order valence-electron chi connectivity index (χ2n) is 6.96. The van der Waals surface area contributed by atoms with Crippen LogP contribution in [-0.2, 0) is 13.0 Å². The lowest BCUT2D eigenvalue weighted by molar-refractivity contribution is -0.0512. The maximum atomic E-state index is 12.7. The molecule has 1 aromatic heterocycles. The number of hydrogen-bond donors (Lipinski definition) is 1. The van der Waals surface area contributed by atoms with Crippen molar-refractivity contribution in [2.75, 3.05) is 13.7 Å². The van der Waals surface area contributed by atoms with Crippen LogP contribution in [0, 0.1) is 13.8 Å². The lowest BCUT2D eigenvalue weighted by Gasteiger charge is -2.13. The molecule has 3 aromatic rings. The molecule has 0 bridgehead atoms. The topological polar surface area (TPSA) is 82.8 Å². The summed E-state index contributed by atoms with van der Waals surface area (Å²) in [6.07, 6.45) is 0.414. The molecule has 0 aliphatic heterocycles. The monoisotopic (exact) mass is 446 g/mol. The van der Waals surface area contributed by atoms with Crippen molar-refractivity contribution in [1.82, 2.24) is 10.5 Å². The summed E-state index contributed by atoms with van der Waals surface area (Å²) in [6.45, 7) is 1.18. The van der Waals surface area contributed by atoms with Gasteiger partial charge in [0.05, 0.1) is 23.9 Å². The summed E-state index contributed by atoms with van der Waals surface area (Å²) in [7, 11) is 1.37. The predicted molar refractivity (Wildman–Crippen MR) is 112 cm³/mol. The molecule has 0 saturated carbocycles. The van der Waals surface area contributed by atoms with Gasteiger partial charge in [-0.05, 0) is 50.1 Å². The van der Waals surface area contributed by atoms with Gasteiger partial charge in [0, 0.05) is 6.54 Å². The van der Waals surface area contributed by atoms with Crippen LogP contribution in [0.25, 0.3) is 0 Å². The first-order chi connectivity index (χ1) is 15.4. The molecule has 0 aliphatic carbocycles. The number of nitrogens with one attached hydrogen (secondary N) is 1. The number of halogens is 2. The Kier molecular flexibility index (Phi) is 7.64. The minimum absolute atomic E-state index is 0.0515. The normalized spacial score (nSPS) is 10.8. The molecule has 0 saturated heterocycles. The summed E-state index contributed by atoms with van der Waals surface area (Å²) in [5, 5.41) is 6.72. The SMILES string of the molecule is COc1ccc(CCNC(=O)c2ccccc2OCc2c(C)noc2C)cc1OC(F)F. The Morgan fingerprint density at radius 1 is 1.12 bits per heavy atom. The lowest BCUT2D eigenvalue weighted by atomic mass is 10.1. The Morgan fingerprint density at radius 3 is 2.59 bits per heavy atom. The van der Waals surface area contributed by atoms with E-state index in [2.05, 4.69) is 15.2 Å². The molecular formula is C23H24F2N2O5. The average molecular weight is 446 g/mol. The fraction of sp³-hybridized carbons (Fsp3) is 0.304. The molecule has 0 radical (unpaired) electrons. The number of ether oxygens (including phenoxy) is 3. The van der Waals surface area contributed by atoms with E-state index in [1.807, 2.05) is 6.92 Å². The predicted octanol–water partition coefficient (Wildman–Crippen LogP) is 4.45. The van der Waals surface area contributed by atoms with Crippen molar-refractivity contribution in [3.63, 3.8) is 0 Å². The second-order valence-corrected chi connectivity index (χ2v) is 6.96. The van der Waals surface area contributed by atoms with Crippen molar-refractivity contribution in [3.8, 4) is 17.2 Å². The van der Waals surface area contributed by atoms with E-state index >= 15 is 0 Å². The zero-order valence-corrected chi connectivity index (χ0v) is 18.0. The minimum atomic E-state index is -2.96. The van der Waals surface area contributed by atoms with Crippen molar-refractivity contribution < 1.29 is 32.3 Å². The van der Waals surface area contributed by atoms with Crippen molar-refractivity contribution >= 4 is 5.91 Å². The summed E-state index contributed by atoms with van der Waals surface area (Å²) in [5.41, 5.74) is 2.67. The maximum Gasteiger partial charge on any atom is 0.387 e. The number of carbonyl (C=O) groups is 1. The highest BCUT2D eigenvalue weighted by atomic mass is 19.3. The van der Waals surface area contributed by atoms with Gasteiger partial charge < -0.3 is 24.1 Å². The molecule has 0 unspecified atom stereocenters. The number of methoxy groups -OCH3 is 1. The number of rotatable bonds is 10. The number of amides is 1. The van der Waals surface area contributed by atoms with Gasteiger partial charge in [-0.15, -0.1) is 0 Å². The molecule has 3 rings (SSSR count). The number of hydrogen-bond acceptors (Lipinski definition) is 6. The molecule has 1 amide bonds. The number of benzene rings is 2. The van der Waals surface area contributed by atoms with E-state index in [1.54, 1.807) is 43.3 Å². The van der Waals surface area contributed by atoms with Crippen LogP contribution in [0.2, 0.25) is 0 Å². The van der Waals surface area contributed by atoms with E-state index in [9.17, 15) is 13.6 Å². The summed E-state index contributed by atoms with van der Waals surface area (Å²) in [5.74, 6) is 0.949. The van der Waals surface area contributed by atoms with Gasteiger partial charge in [-0.1, -0.05) is 23.4 Å². The highest BCUT2D eigenvalue weighted by Crippen LogP contribution is 2.29. The molecule has 32 heavy (non-hydrogen) atoms. The molecule has 0 aliphatic rings. The smallest absolute Gasteiger partial charge is 0.387 e. The van der Waals surface area contributed by atoms with E-state index in [1.165, 1.54) is 13.2 Å². The Bertz CT molecular complexity index is 1050. The zero-order valence-electron chi connectivity index (χ0n) is 18.0. The van der Waals surface area contributed by atoms with Crippen molar-refractivity contribution in [2.24, 2.45) is 0 Å². The van der Waals surface area contributed by atoms with Crippen LogP contribution in [0.5, 0.6) is 17.2 Å². The van der Waals surface area contributed by atoms with E-state index < -0.39 is 6.61 Å². The Morgan fingerprint density at radius 2 is 1.91 bits per heavy atom. The van der Waals surface area contributed by atoms with Gasteiger partial charge in [0.1, 0.15) is 18.1 Å². The fourth-order valence-electron chi connectivity index (χ4n) is 3.12. The molecule has 1 heterocycles. The zero-order chi connectivity index (χ0) is 23.1. The van der Waals surface area contributed by atoms with Gasteiger partial charge in [-0.25, -0.2) is 0 Å². The number of nitrogens with zero attached hydrogens (tertiary/aromatic N) is 1. The van der Waals surface area contributed by atoms with Gasteiger partial charge >= 0.3 is 6.61 Å². The first kappa shape index (κ1) is 23.1. The Hall–Kier alpha value is -3.62. The largest absolute Gasteiger partial charge is 0.493 e. The molecule has 0 spiro atoms. The van der Waals surface area contributed by atoms with Gasteiger partial charge in [0.25, 0.3) is 5.91 Å². The van der Waals surface area contributed by atoms with Crippen LogP contribution in [0.4, 0.5) is 8.78 Å². The molecule has 0 atom stereocenters. The highest BCUT2D eigenvalue weighted by molar-refractivity contribution is 5.96. The molecule has 0 fully saturated rings. The number of aryl methyl sites for hydroxylation is 2. The first-order valence-corrected chi connectivity index (χ1v) is 9.92. The summed E-state index contributed by atoms with van der Waals surface area (Å²) in [4.78, 5) is 12.7. The number of aromatic nitrogens is 1. The van der Waals surface area contributed by atoms with Crippen molar-refractivity contribution in [2.45, 2.75) is 33.5 Å². The van der Waals surface area contributed by atoms with Gasteiger partial charge in [0.15, 0.2) is 11.5 Å². The highest BCUT2D eigenvalue weighted by Gasteiger charge is 2.15. The number of alkyl halides is 2. The molecule has 170 valence electrons. The summed E-state index contributed by atoms with van der Waals surface area (Å²) < 4.78 is 45.7. The number of carbonyl (C=O) groups excluding carboxylic acids is 1. The quantitative estimate of drug-likeness (QED) is 0.495. The van der Waals surface area contributed by atoms with Crippen LogP contribution in [0.1, 0.15) is 32.9 Å². The van der Waals surface area contributed by atoms with Crippen LogP contribution >= 0.6 is 0 Å². The van der Waals surface area contributed by atoms with Crippen LogP contribution < -0.4 is 19.5 Å². The standard InChI is InChI=1S/C23H24F2N2O5/c1-14-18(15(2)32-27-14)13-30-19-7-5-4-6-17(19)22(28)26-11-10-16-8-9-20(29-3)21(12-16)31-23(24)25/h4-9,12,23H,10-11,13H2,1-3H3,(H,26,28). The molecule has 9 heteroatoms. The van der Waals surface area contributed by atoms with E-state index in [-0.39, 0.29) is 30.6 Å². The second kappa shape index (κ2) is 10.6. The Balaban J connectivity index is 1.61.